The van der Waals surface area contributed by atoms with Gasteiger partial charge < -0.3 is 14.2 Å². The molecule has 0 aliphatic carbocycles. The molecule has 0 amide bonds. The van der Waals surface area contributed by atoms with Crippen molar-refractivity contribution in [1.29, 1.82) is 0 Å². The van der Waals surface area contributed by atoms with Crippen molar-refractivity contribution >= 4 is 17.8 Å². The fraction of sp³-hybridized carbons (Fsp3) is 0.190. The molecule has 4 heteroatoms. The molecule has 4 nitrogen and oxygen atoms in total. The van der Waals surface area contributed by atoms with Crippen molar-refractivity contribution in [3.63, 3.8) is 0 Å². The van der Waals surface area contributed by atoms with Crippen LogP contribution >= 0.6 is 0 Å². The summed E-state index contributed by atoms with van der Waals surface area (Å²) in [6.45, 7) is 4.50. The van der Waals surface area contributed by atoms with Crippen LogP contribution in [0.15, 0.2) is 54.1 Å². The van der Waals surface area contributed by atoms with Gasteiger partial charge in [-0.25, -0.2) is 4.79 Å². The van der Waals surface area contributed by atoms with E-state index in [1.54, 1.807) is 19.3 Å². The number of aryl methyl sites for hydroxylation is 1. The summed E-state index contributed by atoms with van der Waals surface area (Å²) in [5.41, 5.74) is 3.38. The molecular weight excluding hydrogens is 316 g/mol. The second kappa shape index (κ2) is 7.26. The molecule has 128 valence electrons. The average molecular weight is 336 g/mol. The summed E-state index contributed by atoms with van der Waals surface area (Å²) in [7, 11) is 1.59. The molecular formula is C21H20O4. The molecule has 0 radical (unpaired) electrons. The number of hydrogen-bond donors (Lipinski definition) is 0. The molecule has 0 bridgehead atoms. The number of carbonyl (C=O) groups is 1. The molecule has 0 atom stereocenters. The van der Waals surface area contributed by atoms with Crippen molar-refractivity contribution in [2.24, 2.45) is 0 Å². The van der Waals surface area contributed by atoms with Gasteiger partial charge in [-0.05, 0) is 43.7 Å². The molecule has 1 aliphatic rings. The number of methoxy groups -OCH3 is 1. The van der Waals surface area contributed by atoms with E-state index in [-0.39, 0.29) is 5.97 Å². The van der Waals surface area contributed by atoms with Gasteiger partial charge in [0.15, 0.2) is 11.5 Å². The predicted molar refractivity (Wildman–Crippen MR) is 97.4 cm³/mol. The Labute approximate surface area is 147 Å². The van der Waals surface area contributed by atoms with E-state index in [4.69, 9.17) is 14.2 Å². The van der Waals surface area contributed by atoms with Gasteiger partial charge in [-0.1, -0.05) is 35.9 Å². The zero-order valence-corrected chi connectivity index (χ0v) is 14.5. The van der Waals surface area contributed by atoms with Gasteiger partial charge in [0.2, 0.25) is 0 Å². The lowest BCUT2D eigenvalue weighted by Gasteiger charge is -2.09. The van der Waals surface area contributed by atoms with Gasteiger partial charge in [-0.2, -0.15) is 0 Å². The molecule has 2 aromatic carbocycles. The van der Waals surface area contributed by atoms with E-state index in [9.17, 15) is 4.79 Å². The summed E-state index contributed by atoms with van der Waals surface area (Å²) in [6, 6.07) is 13.4. The Bertz CT molecular complexity index is 845. The molecule has 0 aromatic heterocycles. The van der Waals surface area contributed by atoms with Gasteiger partial charge in [-0.3, -0.25) is 0 Å². The maximum atomic E-state index is 12.2. The van der Waals surface area contributed by atoms with Crippen LogP contribution in [0.5, 0.6) is 11.5 Å². The Kier molecular flexibility index (Phi) is 4.89. The zero-order valence-electron chi connectivity index (χ0n) is 14.5. The molecule has 1 aliphatic heterocycles. The van der Waals surface area contributed by atoms with Gasteiger partial charge in [0, 0.05) is 5.56 Å². The molecule has 25 heavy (non-hydrogen) atoms. The summed E-state index contributed by atoms with van der Waals surface area (Å²) in [4.78, 5) is 12.2. The lowest BCUT2D eigenvalue weighted by molar-refractivity contribution is -0.130. The van der Waals surface area contributed by atoms with Crippen LogP contribution in [0, 0.1) is 6.92 Å². The van der Waals surface area contributed by atoms with Crippen LogP contribution in [-0.4, -0.2) is 19.7 Å². The van der Waals surface area contributed by atoms with Crippen molar-refractivity contribution in [2.75, 3.05) is 13.7 Å². The lowest BCUT2D eigenvalue weighted by atomic mass is 10.1. The quantitative estimate of drug-likeness (QED) is 0.600. The Balaban J connectivity index is 1.90. The average Bonchev–Trinajstić information content (AvgIpc) is 2.97. The minimum Gasteiger partial charge on any atom is -0.493 e. The first-order chi connectivity index (χ1) is 12.1. The van der Waals surface area contributed by atoms with Crippen LogP contribution in [0.3, 0.4) is 0 Å². The topological polar surface area (TPSA) is 44.8 Å². The maximum absolute atomic E-state index is 12.2. The fourth-order valence-corrected chi connectivity index (χ4v) is 2.58. The van der Waals surface area contributed by atoms with E-state index < -0.39 is 0 Å². The highest BCUT2D eigenvalue weighted by Gasteiger charge is 2.22. The number of ether oxygens (including phenoxy) is 3. The highest BCUT2D eigenvalue weighted by molar-refractivity contribution is 6.05. The smallest absolute Gasteiger partial charge is 0.343 e. The number of hydrogen-bond acceptors (Lipinski definition) is 4. The monoisotopic (exact) mass is 336 g/mol. The number of cyclic esters (lactones) is 1. The summed E-state index contributed by atoms with van der Waals surface area (Å²) < 4.78 is 16.2. The van der Waals surface area contributed by atoms with Crippen molar-refractivity contribution in [3.05, 3.63) is 70.8 Å². The predicted octanol–water partition coefficient (Wildman–Crippen LogP) is 4.38. The van der Waals surface area contributed by atoms with Crippen LogP contribution in [-0.2, 0) is 9.53 Å². The van der Waals surface area contributed by atoms with Crippen molar-refractivity contribution in [2.45, 2.75) is 13.8 Å². The fourth-order valence-electron chi connectivity index (χ4n) is 2.58. The van der Waals surface area contributed by atoms with E-state index in [0.29, 0.717) is 29.4 Å². The van der Waals surface area contributed by atoms with Crippen molar-refractivity contribution in [1.82, 2.24) is 0 Å². The molecule has 1 heterocycles. The Morgan fingerprint density at radius 1 is 1.08 bits per heavy atom. The number of carbonyl (C=O) groups excluding carboxylic acids is 1. The largest absolute Gasteiger partial charge is 0.493 e. The van der Waals surface area contributed by atoms with E-state index in [1.807, 2.05) is 56.3 Å². The van der Waals surface area contributed by atoms with Gasteiger partial charge >= 0.3 is 5.97 Å². The first-order valence-electron chi connectivity index (χ1n) is 8.14. The normalized spacial score (nSPS) is 15.1. The molecule has 0 fully saturated rings. The van der Waals surface area contributed by atoms with E-state index in [0.717, 1.165) is 16.7 Å². The molecule has 0 unspecified atom stereocenters. The third-order valence-corrected chi connectivity index (χ3v) is 3.87. The minimum absolute atomic E-state index is 0.358. The first kappa shape index (κ1) is 16.8. The molecule has 2 aromatic rings. The highest BCUT2D eigenvalue weighted by Crippen LogP contribution is 2.31. The summed E-state index contributed by atoms with van der Waals surface area (Å²) in [6.07, 6.45) is 3.54. The summed E-state index contributed by atoms with van der Waals surface area (Å²) in [5.74, 6) is 1.51. The van der Waals surface area contributed by atoms with E-state index >= 15 is 0 Å². The SMILES string of the molecule is CCOc1ccc(C=C2C=C(c3ccc(C)cc3)OC2=O)cc1OC. The Morgan fingerprint density at radius 3 is 2.52 bits per heavy atom. The third kappa shape index (κ3) is 3.74. The van der Waals surface area contributed by atoms with Gasteiger partial charge in [0.05, 0.1) is 19.3 Å². The molecule has 0 saturated carbocycles. The molecule has 0 saturated heterocycles. The Hall–Kier alpha value is -3.01. The first-order valence-corrected chi connectivity index (χ1v) is 8.14. The van der Waals surface area contributed by atoms with Crippen LogP contribution < -0.4 is 9.47 Å². The third-order valence-electron chi connectivity index (χ3n) is 3.87. The molecule has 0 spiro atoms. The number of benzene rings is 2. The van der Waals surface area contributed by atoms with E-state index in [1.165, 1.54) is 0 Å². The molecule has 3 rings (SSSR count). The summed E-state index contributed by atoms with van der Waals surface area (Å²) in [5, 5.41) is 0. The Morgan fingerprint density at radius 2 is 1.84 bits per heavy atom. The van der Waals surface area contributed by atoms with Crippen LogP contribution in [0.4, 0.5) is 0 Å². The number of rotatable bonds is 5. The van der Waals surface area contributed by atoms with Gasteiger partial charge in [-0.15, -0.1) is 0 Å². The lowest BCUT2D eigenvalue weighted by Crippen LogP contribution is -1.98. The van der Waals surface area contributed by atoms with Gasteiger partial charge in [0.1, 0.15) is 5.76 Å². The van der Waals surface area contributed by atoms with Crippen LogP contribution in [0.1, 0.15) is 23.6 Å². The molecule has 0 N–H and O–H groups in total. The summed E-state index contributed by atoms with van der Waals surface area (Å²) >= 11 is 0. The second-order valence-electron chi connectivity index (χ2n) is 5.71. The zero-order chi connectivity index (χ0) is 17.8. The minimum atomic E-state index is -0.358. The second-order valence-corrected chi connectivity index (χ2v) is 5.71. The van der Waals surface area contributed by atoms with E-state index in [2.05, 4.69) is 0 Å². The van der Waals surface area contributed by atoms with Crippen LogP contribution in [0.2, 0.25) is 0 Å². The maximum Gasteiger partial charge on any atom is 0.343 e. The highest BCUT2D eigenvalue weighted by atomic mass is 16.5. The van der Waals surface area contributed by atoms with Crippen molar-refractivity contribution < 1.29 is 19.0 Å². The standard InChI is InChI=1S/C21H20O4/c1-4-24-18-10-7-15(12-20(18)23-3)11-17-13-19(25-21(17)22)16-8-5-14(2)6-9-16/h5-13H,4H2,1-3H3. The van der Waals surface area contributed by atoms with Gasteiger partial charge in [0.25, 0.3) is 0 Å². The van der Waals surface area contributed by atoms with Crippen LogP contribution in [0.25, 0.3) is 11.8 Å². The number of esters is 1. The van der Waals surface area contributed by atoms with Crippen molar-refractivity contribution in [3.8, 4) is 11.5 Å².